The Morgan fingerprint density at radius 2 is 1.86 bits per heavy atom. The van der Waals surface area contributed by atoms with Crippen molar-refractivity contribution in [3.63, 3.8) is 0 Å². The second-order valence-corrected chi connectivity index (χ2v) is 7.93. The van der Waals surface area contributed by atoms with Crippen LogP contribution in [-0.2, 0) is 4.79 Å². The van der Waals surface area contributed by atoms with Crippen molar-refractivity contribution in [3.05, 3.63) is 67.7 Å². The second-order valence-electron chi connectivity index (χ2n) is 5.91. The molecule has 0 atom stereocenters. The zero-order valence-electron chi connectivity index (χ0n) is 14.7. The number of aliphatic carboxylic acids is 1. The summed E-state index contributed by atoms with van der Waals surface area (Å²) in [4.78, 5) is 23.0. The minimum absolute atomic E-state index is 0.119. The third kappa shape index (κ3) is 5.24. The minimum atomic E-state index is -1.07. The molecule has 0 radical (unpaired) electrons. The molecule has 0 spiro atoms. The Kier molecular flexibility index (Phi) is 6.70. The molecule has 29 heavy (non-hydrogen) atoms. The first kappa shape index (κ1) is 21.1. The molecule has 0 heterocycles. The normalized spacial score (nSPS) is 11.0. The highest BCUT2D eigenvalue weighted by Gasteiger charge is 2.12. The van der Waals surface area contributed by atoms with E-state index in [1.54, 1.807) is 18.2 Å². The Morgan fingerprint density at radius 1 is 1.17 bits per heavy atom. The average Bonchev–Trinajstić information content (AvgIpc) is 2.66. The van der Waals surface area contributed by atoms with E-state index < -0.39 is 18.5 Å². The first-order valence-electron chi connectivity index (χ1n) is 8.24. The van der Waals surface area contributed by atoms with E-state index in [1.807, 2.05) is 46.9 Å². The number of carbonyl (C=O) groups is 2. The summed E-state index contributed by atoms with van der Waals surface area (Å²) in [5, 5.41) is 24.4. The van der Waals surface area contributed by atoms with Crippen LogP contribution in [0, 0.1) is 3.57 Å². The number of carboxylic acid groups (broad SMARTS) is 1. The van der Waals surface area contributed by atoms with Crippen LogP contribution >= 0.6 is 38.5 Å². The fourth-order valence-electron chi connectivity index (χ4n) is 2.56. The van der Waals surface area contributed by atoms with Crippen LogP contribution in [0.4, 0.5) is 0 Å². The van der Waals surface area contributed by atoms with E-state index in [1.165, 1.54) is 12.3 Å². The molecule has 3 aromatic rings. The predicted molar refractivity (Wildman–Crippen MR) is 121 cm³/mol. The number of halogens is 2. The molecular weight excluding hydrogens is 555 g/mol. The van der Waals surface area contributed by atoms with Gasteiger partial charge in [0.2, 0.25) is 0 Å². The number of hydrogen-bond donors (Lipinski definition) is 3. The van der Waals surface area contributed by atoms with Crippen LogP contribution in [0.25, 0.3) is 10.8 Å². The van der Waals surface area contributed by atoms with Crippen LogP contribution in [0.1, 0.15) is 15.9 Å². The van der Waals surface area contributed by atoms with Crippen molar-refractivity contribution >= 4 is 67.4 Å². The maximum Gasteiger partial charge on any atom is 0.341 e. The van der Waals surface area contributed by atoms with Crippen molar-refractivity contribution in [2.75, 3.05) is 6.61 Å². The SMILES string of the molecule is O=C(O)COc1c(Br)cc(C=NNC(=O)c2cc3ccccc3cc2O)cc1I. The summed E-state index contributed by atoms with van der Waals surface area (Å²) < 4.78 is 6.48. The maximum absolute atomic E-state index is 12.4. The fourth-order valence-corrected chi connectivity index (χ4v) is 4.33. The maximum atomic E-state index is 12.4. The van der Waals surface area contributed by atoms with Gasteiger partial charge in [-0.05, 0) is 79.1 Å². The van der Waals surface area contributed by atoms with Gasteiger partial charge in [0.05, 0.1) is 19.8 Å². The number of phenolic OH excluding ortho intramolecular Hbond substituents is 1. The lowest BCUT2D eigenvalue weighted by molar-refractivity contribution is -0.139. The lowest BCUT2D eigenvalue weighted by atomic mass is 10.1. The molecule has 0 aromatic heterocycles. The molecule has 3 aromatic carbocycles. The van der Waals surface area contributed by atoms with E-state index in [4.69, 9.17) is 9.84 Å². The summed E-state index contributed by atoms with van der Waals surface area (Å²) in [6.45, 7) is -0.451. The lowest BCUT2D eigenvalue weighted by Crippen LogP contribution is -2.17. The van der Waals surface area contributed by atoms with Crippen molar-refractivity contribution in [2.24, 2.45) is 5.10 Å². The number of fused-ring (bicyclic) bond motifs is 1. The van der Waals surface area contributed by atoms with Crippen molar-refractivity contribution in [1.82, 2.24) is 5.43 Å². The van der Waals surface area contributed by atoms with Gasteiger partial charge in [-0.1, -0.05) is 24.3 Å². The highest BCUT2D eigenvalue weighted by Crippen LogP contribution is 2.31. The van der Waals surface area contributed by atoms with Crippen molar-refractivity contribution in [2.45, 2.75) is 0 Å². The van der Waals surface area contributed by atoms with Gasteiger partial charge in [-0.3, -0.25) is 4.79 Å². The van der Waals surface area contributed by atoms with Gasteiger partial charge in [-0.2, -0.15) is 5.10 Å². The number of hydrogen-bond acceptors (Lipinski definition) is 5. The van der Waals surface area contributed by atoms with Gasteiger partial charge >= 0.3 is 5.97 Å². The van der Waals surface area contributed by atoms with Gasteiger partial charge in [-0.25, -0.2) is 10.2 Å². The zero-order valence-corrected chi connectivity index (χ0v) is 18.5. The first-order chi connectivity index (χ1) is 13.8. The number of ether oxygens (including phenoxy) is 1. The third-order valence-electron chi connectivity index (χ3n) is 3.85. The number of aromatic hydroxyl groups is 1. The monoisotopic (exact) mass is 568 g/mol. The molecule has 7 nitrogen and oxygen atoms in total. The van der Waals surface area contributed by atoms with Crippen LogP contribution in [0.3, 0.4) is 0 Å². The molecule has 9 heteroatoms. The molecule has 0 unspecified atom stereocenters. The summed E-state index contributed by atoms with van der Waals surface area (Å²) in [6.07, 6.45) is 1.43. The molecule has 1 amide bonds. The standard InChI is InChI=1S/C20H14BrIN2O5/c21-15-5-11(6-16(22)19(15)29-10-18(26)27)9-23-24-20(28)14-7-12-3-1-2-4-13(12)8-17(14)25/h1-9,25H,10H2,(H,24,28)(H,26,27). The highest BCUT2D eigenvalue weighted by atomic mass is 127. The molecule has 3 rings (SSSR count). The predicted octanol–water partition coefficient (Wildman–Crippen LogP) is 4.14. The number of rotatable bonds is 6. The van der Waals surface area contributed by atoms with Crippen molar-refractivity contribution in [3.8, 4) is 11.5 Å². The number of benzene rings is 3. The molecule has 0 aliphatic carbocycles. The van der Waals surface area contributed by atoms with E-state index >= 15 is 0 Å². The molecular formula is C20H14BrIN2O5. The number of hydrazone groups is 1. The smallest absolute Gasteiger partial charge is 0.341 e. The van der Waals surface area contributed by atoms with E-state index in [0.29, 0.717) is 19.4 Å². The van der Waals surface area contributed by atoms with Crippen molar-refractivity contribution < 1.29 is 24.5 Å². The van der Waals surface area contributed by atoms with E-state index in [9.17, 15) is 14.7 Å². The van der Waals surface area contributed by atoms with E-state index in [-0.39, 0.29) is 11.3 Å². The molecule has 3 N–H and O–H groups in total. The lowest BCUT2D eigenvalue weighted by Gasteiger charge is -2.09. The van der Waals surface area contributed by atoms with Crippen LogP contribution in [0.15, 0.2) is 58.1 Å². The minimum Gasteiger partial charge on any atom is -0.507 e. The molecule has 0 bridgehead atoms. The number of phenols is 1. The van der Waals surface area contributed by atoms with Crippen LogP contribution in [-0.4, -0.2) is 34.9 Å². The Morgan fingerprint density at radius 3 is 2.52 bits per heavy atom. The summed E-state index contributed by atoms with van der Waals surface area (Å²) in [5.41, 5.74) is 3.17. The highest BCUT2D eigenvalue weighted by molar-refractivity contribution is 14.1. The summed E-state index contributed by atoms with van der Waals surface area (Å²) in [6, 6.07) is 13.9. The molecule has 148 valence electrons. The molecule has 0 aliphatic heterocycles. The topological polar surface area (TPSA) is 108 Å². The fraction of sp³-hybridized carbons (Fsp3) is 0.0500. The van der Waals surface area contributed by atoms with Crippen LogP contribution < -0.4 is 10.2 Å². The van der Waals surface area contributed by atoms with Gasteiger partial charge in [0.1, 0.15) is 11.5 Å². The summed E-state index contributed by atoms with van der Waals surface area (Å²) >= 11 is 5.35. The number of carbonyl (C=O) groups excluding carboxylic acids is 1. The third-order valence-corrected chi connectivity index (χ3v) is 5.24. The van der Waals surface area contributed by atoms with Gasteiger partial charge in [-0.15, -0.1) is 0 Å². The zero-order chi connectivity index (χ0) is 21.0. The Hall–Kier alpha value is -2.66. The summed E-state index contributed by atoms with van der Waals surface area (Å²) in [7, 11) is 0. The van der Waals surface area contributed by atoms with Crippen LogP contribution in [0.5, 0.6) is 11.5 Å². The number of nitrogens with one attached hydrogen (secondary N) is 1. The summed E-state index contributed by atoms with van der Waals surface area (Å²) in [5.74, 6) is -1.33. The number of amides is 1. The van der Waals surface area contributed by atoms with Gasteiger partial charge in [0.25, 0.3) is 5.91 Å². The van der Waals surface area contributed by atoms with Gasteiger partial charge in [0, 0.05) is 0 Å². The molecule has 0 saturated carbocycles. The Labute approximate surface area is 187 Å². The number of carboxylic acids is 1. The average molecular weight is 569 g/mol. The van der Waals surface area contributed by atoms with Gasteiger partial charge < -0.3 is 14.9 Å². The second kappa shape index (κ2) is 9.23. The quantitative estimate of drug-likeness (QED) is 0.235. The molecule has 0 saturated heterocycles. The molecule has 0 aliphatic rings. The Bertz CT molecular complexity index is 1110. The van der Waals surface area contributed by atoms with Crippen molar-refractivity contribution in [1.29, 1.82) is 0 Å². The van der Waals surface area contributed by atoms with Crippen LogP contribution in [0.2, 0.25) is 0 Å². The Balaban J connectivity index is 1.73. The largest absolute Gasteiger partial charge is 0.507 e. The first-order valence-corrected chi connectivity index (χ1v) is 10.1. The van der Waals surface area contributed by atoms with E-state index in [0.717, 1.165) is 10.8 Å². The molecule has 0 fully saturated rings. The van der Waals surface area contributed by atoms with Gasteiger partial charge in [0.15, 0.2) is 6.61 Å². The van der Waals surface area contributed by atoms with E-state index in [2.05, 4.69) is 26.5 Å². The number of nitrogens with zero attached hydrogens (tertiary/aromatic N) is 1.